The molecule has 2 rings (SSSR count). The molecule has 5 heteroatoms. The molecule has 0 spiro atoms. The van der Waals surface area contributed by atoms with Crippen LogP contribution in [0.15, 0.2) is 24.5 Å². The van der Waals surface area contributed by atoms with Gasteiger partial charge in [-0.25, -0.2) is 14.4 Å². The highest BCUT2D eigenvalue weighted by Crippen LogP contribution is 2.25. The van der Waals surface area contributed by atoms with Crippen LogP contribution < -0.4 is 10.1 Å². The quantitative estimate of drug-likeness (QED) is 0.928. The van der Waals surface area contributed by atoms with Crippen molar-refractivity contribution in [1.29, 1.82) is 0 Å². The van der Waals surface area contributed by atoms with Crippen LogP contribution in [-0.4, -0.2) is 17.1 Å². The van der Waals surface area contributed by atoms with Crippen molar-refractivity contribution < 1.29 is 9.13 Å². The zero-order valence-corrected chi connectivity index (χ0v) is 12.1. The van der Waals surface area contributed by atoms with E-state index >= 15 is 0 Å². The van der Waals surface area contributed by atoms with E-state index in [4.69, 9.17) is 4.74 Å². The Hall–Kier alpha value is -2.17. The number of hydrogen-bond acceptors (Lipinski definition) is 4. The maximum Gasteiger partial charge on any atom is 0.221 e. The van der Waals surface area contributed by atoms with Crippen LogP contribution in [0.4, 0.5) is 10.2 Å². The molecule has 1 aromatic carbocycles. The van der Waals surface area contributed by atoms with Crippen molar-refractivity contribution in [3.63, 3.8) is 0 Å². The van der Waals surface area contributed by atoms with Crippen LogP contribution >= 0.6 is 0 Å². The Morgan fingerprint density at radius 1 is 1.25 bits per heavy atom. The summed E-state index contributed by atoms with van der Waals surface area (Å²) in [6.45, 7) is 5.58. The van der Waals surface area contributed by atoms with Gasteiger partial charge in [0, 0.05) is 0 Å². The van der Waals surface area contributed by atoms with Crippen LogP contribution in [0.25, 0.3) is 0 Å². The van der Waals surface area contributed by atoms with Gasteiger partial charge in [-0.05, 0) is 38.0 Å². The van der Waals surface area contributed by atoms with Gasteiger partial charge in [-0.1, -0.05) is 12.1 Å². The first kappa shape index (κ1) is 14.2. The summed E-state index contributed by atoms with van der Waals surface area (Å²) in [7, 11) is 1.57. The second-order valence-electron chi connectivity index (χ2n) is 4.73. The topological polar surface area (TPSA) is 47.0 Å². The normalized spacial score (nSPS) is 12.1. The number of benzene rings is 1. The number of ether oxygens (including phenoxy) is 1. The van der Waals surface area contributed by atoms with Gasteiger partial charge < -0.3 is 10.1 Å². The Bertz CT molecular complexity index is 616. The smallest absolute Gasteiger partial charge is 0.221 e. The minimum atomic E-state index is -0.201. The lowest BCUT2D eigenvalue weighted by molar-refractivity contribution is 0.393. The van der Waals surface area contributed by atoms with Crippen molar-refractivity contribution in [1.82, 2.24) is 9.97 Å². The number of rotatable bonds is 4. The van der Waals surface area contributed by atoms with E-state index in [0.29, 0.717) is 17.3 Å². The predicted octanol–water partition coefficient (Wildman–Crippen LogP) is 3.41. The molecule has 4 nitrogen and oxygen atoms in total. The van der Waals surface area contributed by atoms with Gasteiger partial charge in [0.1, 0.15) is 18.0 Å². The van der Waals surface area contributed by atoms with Crippen LogP contribution in [0.1, 0.15) is 29.7 Å². The van der Waals surface area contributed by atoms with Gasteiger partial charge in [0.05, 0.1) is 18.7 Å². The van der Waals surface area contributed by atoms with Crippen molar-refractivity contribution in [2.45, 2.75) is 26.8 Å². The third kappa shape index (κ3) is 2.87. The zero-order valence-electron chi connectivity index (χ0n) is 12.1. The summed E-state index contributed by atoms with van der Waals surface area (Å²) in [5, 5.41) is 3.25. The molecule has 0 aliphatic heterocycles. The van der Waals surface area contributed by atoms with Gasteiger partial charge in [0.25, 0.3) is 0 Å². The highest BCUT2D eigenvalue weighted by Gasteiger charge is 2.12. The van der Waals surface area contributed by atoms with E-state index in [-0.39, 0.29) is 11.9 Å². The molecule has 0 amide bonds. The molecule has 0 radical (unpaired) electrons. The lowest BCUT2D eigenvalue weighted by atomic mass is 10.1. The average Bonchev–Trinajstić information content (AvgIpc) is 2.44. The third-order valence-electron chi connectivity index (χ3n) is 3.28. The van der Waals surface area contributed by atoms with Crippen LogP contribution in [0, 0.1) is 19.7 Å². The maximum absolute atomic E-state index is 13.6. The van der Waals surface area contributed by atoms with Gasteiger partial charge in [0.2, 0.25) is 5.88 Å². The predicted molar refractivity (Wildman–Crippen MR) is 76.5 cm³/mol. The van der Waals surface area contributed by atoms with E-state index in [0.717, 1.165) is 11.1 Å². The molecule has 20 heavy (non-hydrogen) atoms. The molecule has 1 N–H and O–H groups in total. The van der Waals surface area contributed by atoms with Crippen molar-refractivity contribution in [3.05, 3.63) is 47.0 Å². The summed E-state index contributed by atoms with van der Waals surface area (Å²) in [4.78, 5) is 8.23. The number of halogens is 1. The van der Waals surface area contributed by atoms with E-state index < -0.39 is 0 Å². The lowest BCUT2D eigenvalue weighted by Crippen LogP contribution is -2.10. The number of nitrogens with one attached hydrogen (secondary N) is 1. The van der Waals surface area contributed by atoms with Crippen LogP contribution in [0.3, 0.4) is 0 Å². The van der Waals surface area contributed by atoms with E-state index in [1.807, 2.05) is 19.9 Å². The average molecular weight is 275 g/mol. The highest BCUT2D eigenvalue weighted by atomic mass is 19.1. The fraction of sp³-hybridized carbons (Fsp3) is 0.333. The summed E-state index contributed by atoms with van der Waals surface area (Å²) in [5.41, 5.74) is 2.33. The number of nitrogens with zero attached hydrogens (tertiary/aromatic N) is 2. The molecule has 0 aliphatic rings. The Labute approximate surface area is 118 Å². The Morgan fingerprint density at radius 2 is 2.00 bits per heavy atom. The Morgan fingerprint density at radius 3 is 2.65 bits per heavy atom. The molecule has 0 saturated heterocycles. The van der Waals surface area contributed by atoms with E-state index in [9.17, 15) is 4.39 Å². The lowest BCUT2D eigenvalue weighted by Gasteiger charge is -2.17. The highest BCUT2D eigenvalue weighted by molar-refractivity contribution is 5.49. The number of aromatic nitrogens is 2. The third-order valence-corrected chi connectivity index (χ3v) is 3.28. The zero-order chi connectivity index (χ0) is 14.7. The molecule has 1 aromatic heterocycles. The van der Waals surface area contributed by atoms with Gasteiger partial charge in [-0.3, -0.25) is 0 Å². The number of hydrogen-bond donors (Lipinski definition) is 1. The van der Waals surface area contributed by atoms with Crippen molar-refractivity contribution in [2.24, 2.45) is 0 Å². The molecular formula is C15H18FN3O. The first-order valence-corrected chi connectivity index (χ1v) is 6.41. The van der Waals surface area contributed by atoms with Crippen LogP contribution in [-0.2, 0) is 0 Å². The summed E-state index contributed by atoms with van der Waals surface area (Å²) < 4.78 is 18.8. The second-order valence-corrected chi connectivity index (χ2v) is 4.73. The van der Waals surface area contributed by atoms with Crippen molar-refractivity contribution in [3.8, 4) is 5.88 Å². The van der Waals surface area contributed by atoms with E-state index in [1.165, 1.54) is 6.33 Å². The number of methoxy groups -OCH3 is 1. The molecule has 1 atom stereocenters. The Kier molecular flexibility index (Phi) is 4.17. The molecular weight excluding hydrogens is 257 g/mol. The Balaban J connectivity index is 2.23. The summed E-state index contributed by atoms with van der Waals surface area (Å²) >= 11 is 0. The molecule has 1 unspecified atom stereocenters. The fourth-order valence-electron chi connectivity index (χ4n) is 1.95. The molecule has 1 heterocycles. The summed E-state index contributed by atoms with van der Waals surface area (Å²) in [5.74, 6) is 1.02. The second kappa shape index (κ2) is 5.86. The first-order chi connectivity index (χ1) is 9.52. The van der Waals surface area contributed by atoms with Gasteiger partial charge >= 0.3 is 0 Å². The SMILES string of the molecule is COc1ncnc(NC(C)c2ccc(C)c(F)c2)c1C. The monoisotopic (exact) mass is 275 g/mol. The van der Waals surface area contributed by atoms with E-state index in [1.54, 1.807) is 26.2 Å². The molecule has 0 saturated carbocycles. The van der Waals surface area contributed by atoms with Crippen LogP contribution in [0.5, 0.6) is 5.88 Å². The fourth-order valence-corrected chi connectivity index (χ4v) is 1.95. The van der Waals surface area contributed by atoms with Gasteiger partial charge in [-0.15, -0.1) is 0 Å². The number of aryl methyl sites for hydroxylation is 1. The molecule has 0 fully saturated rings. The standard InChI is InChI=1S/C15H18FN3O/c1-9-5-6-12(7-13(9)16)11(3)19-14-10(2)15(20-4)18-8-17-14/h5-8,11H,1-4H3,(H,17,18,19). The van der Waals surface area contributed by atoms with Crippen LogP contribution in [0.2, 0.25) is 0 Å². The minimum Gasteiger partial charge on any atom is -0.481 e. The van der Waals surface area contributed by atoms with Gasteiger partial charge in [-0.2, -0.15) is 0 Å². The maximum atomic E-state index is 13.6. The molecule has 0 bridgehead atoms. The molecule has 106 valence electrons. The van der Waals surface area contributed by atoms with Crippen molar-refractivity contribution >= 4 is 5.82 Å². The van der Waals surface area contributed by atoms with Crippen molar-refractivity contribution in [2.75, 3.05) is 12.4 Å². The van der Waals surface area contributed by atoms with E-state index in [2.05, 4.69) is 15.3 Å². The largest absolute Gasteiger partial charge is 0.481 e. The summed E-state index contributed by atoms with van der Waals surface area (Å²) in [6, 6.07) is 5.16. The number of anilines is 1. The molecule has 0 aliphatic carbocycles. The molecule has 2 aromatic rings. The minimum absolute atomic E-state index is 0.0663. The summed E-state index contributed by atoms with van der Waals surface area (Å²) in [6.07, 6.45) is 1.44. The van der Waals surface area contributed by atoms with Gasteiger partial charge in [0.15, 0.2) is 0 Å². The first-order valence-electron chi connectivity index (χ1n) is 6.41.